The van der Waals surface area contributed by atoms with Crippen LogP contribution in [-0.4, -0.2) is 44.3 Å². The third-order valence-corrected chi connectivity index (χ3v) is 4.68. The maximum absolute atomic E-state index is 12.4. The number of carbonyl (C=O) groups excluding carboxylic acids is 3. The van der Waals surface area contributed by atoms with E-state index >= 15 is 0 Å². The van der Waals surface area contributed by atoms with Crippen molar-refractivity contribution in [3.05, 3.63) is 59.7 Å². The molecule has 3 rings (SSSR count). The number of hydrogen-bond donors (Lipinski definition) is 1. The van der Waals surface area contributed by atoms with E-state index in [0.717, 1.165) is 11.4 Å². The Morgan fingerprint density at radius 1 is 1.17 bits per heavy atom. The summed E-state index contributed by atoms with van der Waals surface area (Å²) in [7, 11) is 1.32. The van der Waals surface area contributed by atoms with Crippen molar-refractivity contribution < 1.29 is 23.9 Å². The molecule has 1 fully saturated rings. The lowest BCUT2D eigenvalue weighted by atomic mass is 10.1. The van der Waals surface area contributed by atoms with Gasteiger partial charge in [0, 0.05) is 18.7 Å². The Labute approximate surface area is 174 Å². The summed E-state index contributed by atoms with van der Waals surface area (Å²) in [6.07, 6.45) is 1.60. The molecule has 0 bridgehead atoms. The number of nitrogens with one attached hydrogen (secondary N) is 1. The number of benzene rings is 2. The molecule has 2 amide bonds. The number of esters is 1. The quantitative estimate of drug-likeness (QED) is 0.430. The lowest BCUT2D eigenvalue weighted by Gasteiger charge is -2.17. The van der Waals surface area contributed by atoms with Gasteiger partial charge in [-0.2, -0.15) is 5.10 Å². The number of nitrogens with zero attached hydrogens (tertiary/aromatic N) is 2. The minimum absolute atomic E-state index is 0.110. The molecular formula is C22H23N3O5. The van der Waals surface area contributed by atoms with Crippen molar-refractivity contribution in [2.45, 2.75) is 13.3 Å². The molecule has 2 aromatic carbocycles. The van der Waals surface area contributed by atoms with E-state index in [1.165, 1.54) is 13.3 Å². The Kier molecular flexibility index (Phi) is 6.79. The molecule has 1 N–H and O–H groups in total. The van der Waals surface area contributed by atoms with Gasteiger partial charge in [-0.25, -0.2) is 10.2 Å². The van der Waals surface area contributed by atoms with E-state index in [9.17, 15) is 14.4 Å². The highest BCUT2D eigenvalue weighted by Crippen LogP contribution is 2.27. The third-order valence-electron chi connectivity index (χ3n) is 4.68. The number of hydrazone groups is 1. The number of methoxy groups -OCH3 is 1. The zero-order valence-corrected chi connectivity index (χ0v) is 16.8. The zero-order valence-electron chi connectivity index (χ0n) is 16.8. The highest BCUT2D eigenvalue weighted by molar-refractivity contribution is 6.00. The molecule has 0 saturated carbocycles. The van der Waals surface area contributed by atoms with Gasteiger partial charge in [0.05, 0.1) is 31.4 Å². The van der Waals surface area contributed by atoms with Crippen LogP contribution in [0.4, 0.5) is 5.69 Å². The predicted molar refractivity (Wildman–Crippen MR) is 112 cm³/mol. The Hall–Kier alpha value is -3.68. The summed E-state index contributed by atoms with van der Waals surface area (Å²) < 4.78 is 10.1. The maximum atomic E-state index is 12.4. The van der Waals surface area contributed by atoms with Crippen LogP contribution < -0.4 is 15.1 Å². The molecule has 0 aromatic heterocycles. The molecule has 1 unspecified atom stereocenters. The minimum Gasteiger partial charge on any atom is -0.494 e. The van der Waals surface area contributed by atoms with Gasteiger partial charge in [-0.3, -0.25) is 9.59 Å². The third kappa shape index (κ3) is 5.02. The monoisotopic (exact) mass is 409 g/mol. The Balaban J connectivity index is 1.55. The van der Waals surface area contributed by atoms with Crippen molar-refractivity contribution in [2.75, 3.05) is 25.2 Å². The van der Waals surface area contributed by atoms with Crippen LogP contribution in [0.15, 0.2) is 53.6 Å². The number of anilines is 1. The van der Waals surface area contributed by atoms with E-state index in [2.05, 4.69) is 15.3 Å². The van der Waals surface area contributed by atoms with Gasteiger partial charge < -0.3 is 14.4 Å². The summed E-state index contributed by atoms with van der Waals surface area (Å²) in [6.45, 7) is 2.77. The number of rotatable bonds is 7. The van der Waals surface area contributed by atoms with E-state index in [0.29, 0.717) is 24.3 Å². The highest BCUT2D eigenvalue weighted by Gasteiger charge is 2.35. The summed E-state index contributed by atoms with van der Waals surface area (Å²) >= 11 is 0. The summed E-state index contributed by atoms with van der Waals surface area (Å²) in [5.74, 6) is -0.602. The van der Waals surface area contributed by atoms with Crippen molar-refractivity contribution in [1.29, 1.82) is 0 Å². The van der Waals surface area contributed by atoms with Crippen LogP contribution >= 0.6 is 0 Å². The van der Waals surface area contributed by atoms with Gasteiger partial charge in [-0.15, -0.1) is 0 Å². The van der Waals surface area contributed by atoms with E-state index in [-0.39, 0.29) is 18.2 Å². The number of ether oxygens (including phenoxy) is 2. The minimum atomic E-state index is -0.483. The molecule has 1 saturated heterocycles. The molecule has 0 spiro atoms. The molecule has 8 nitrogen and oxygen atoms in total. The maximum Gasteiger partial charge on any atom is 0.337 e. The van der Waals surface area contributed by atoms with Gasteiger partial charge in [-0.05, 0) is 48.9 Å². The van der Waals surface area contributed by atoms with Crippen molar-refractivity contribution in [3.63, 3.8) is 0 Å². The second-order valence-corrected chi connectivity index (χ2v) is 6.68. The van der Waals surface area contributed by atoms with Crippen molar-refractivity contribution in [2.24, 2.45) is 11.0 Å². The molecule has 1 atom stereocenters. The zero-order chi connectivity index (χ0) is 21.5. The molecule has 30 heavy (non-hydrogen) atoms. The fourth-order valence-electron chi connectivity index (χ4n) is 3.11. The second kappa shape index (κ2) is 9.69. The average molecular weight is 409 g/mol. The first-order valence-electron chi connectivity index (χ1n) is 9.56. The van der Waals surface area contributed by atoms with Crippen molar-refractivity contribution in [3.8, 4) is 5.75 Å². The smallest absolute Gasteiger partial charge is 0.337 e. The van der Waals surface area contributed by atoms with Gasteiger partial charge in [0.25, 0.3) is 0 Å². The van der Waals surface area contributed by atoms with Crippen molar-refractivity contribution >= 4 is 29.7 Å². The van der Waals surface area contributed by atoms with Gasteiger partial charge in [0.15, 0.2) is 0 Å². The SMILES string of the molecule is CCOc1ccc(N2CC(C(=O)NN=Cc3ccc(C(=O)OC)cc3)CC2=O)cc1. The van der Waals surface area contributed by atoms with Crippen LogP contribution in [0.3, 0.4) is 0 Å². The standard InChI is InChI=1S/C22H23N3O5/c1-3-30-19-10-8-18(9-11-19)25-14-17(12-20(25)26)21(27)24-23-13-15-4-6-16(7-5-15)22(28)29-2/h4-11,13,17H,3,12,14H2,1-2H3,(H,24,27). The summed E-state index contributed by atoms with van der Waals surface area (Å²) in [5.41, 5.74) is 4.35. The predicted octanol–water partition coefficient (Wildman–Crippen LogP) is 2.38. The fourth-order valence-corrected chi connectivity index (χ4v) is 3.11. The first kappa shape index (κ1) is 21.0. The van der Waals surface area contributed by atoms with Gasteiger partial charge in [0.1, 0.15) is 5.75 Å². The van der Waals surface area contributed by atoms with E-state index in [1.54, 1.807) is 53.4 Å². The fraction of sp³-hybridized carbons (Fsp3) is 0.273. The second-order valence-electron chi connectivity index (χ2n) is 6.68. The average Bonchev–Trinajstić information content (AvgIpc) is 3.16. The lowest BCUT2D eigenvalue weighted by molar-refractivity contribution is -0.126. The number of hydrogen-bond acceptors (Lipinski definition) is 6. The molecule has 1 aliphatic rings. The van der Waals surface area contributed by atoms with E-state index in [1.807, 2.05) is 6.92 Å². The van der Waals surface area contributed by atoms with Crippen LogP contribution in [0, 0.1) is 5.92 Å². The molecule has 0 aliphatic carbocycles. The molecule has 1 aliphatic heterocycles. The summed E-state index contributed by atoms with van der Waals surface area (Å²) in [6, 6.07) is 13.8. The summed E-state index contributed by atoms with van der Waals surface area (Å²) in [5, 5.41) is 3.95. The first-order valence-corrected chi connectivity index (χ1v) is 9.56. The normalized spacial score (nSPS) is 16.0. The van der Waals surface area contributed by atoms with Crippen LogP contribution in [0.2, 0.25) is 0 Å². The van der Waals surface area contributed by atoms with Crippen LogP contribution in [0.5, 0.6) is 5.75 Å². The molecule has 2 aromatic rings. The van der Waals surface area contributed by atoms with Crippen molar-refractivity contribution in [1.82, 2.24) is 5.43 Å². The topological polar surface area (TPSA) is 97.3 Å². The number of amides is 2. The molecule has 156 valence electrons. The van der Waals surface area contributed by atoms with Gasteiger partial charge in [-0.1, -0.05) is 12.1 Å². The van der Waals surface area contributed by atoms with Gasteiger partial charge >= 0.3 is 5.97 Å². The Morgan fingerprint density at radius 3 is 2.50 bits per heavy atom. The lowest BCUT2D eigenvalue weighted by Crippen LogP contribution is -2.30. The largest absolute Gasteiger partial charge is 0.494 e. The highest BCUT2D eigenvalue weighted by atomic mass is 16.5. The summed E-state index contributed by atoms with van der Waals surface area (Å²) in [4.78, 5) is 37.8. The molecule has 1 heterocycles. The van der Waals surface area contributed by atoms with Crippen LogP contribution in [-0.2, 0) is 14.3 Å². The van der Waals surface area contributed by atoms with Crippen LogP contribution in [0.25, 0.3) is 0 Å². The first-order chi connectivity index (χ1) is 14.5. The number of carbonyl (C=O) groups is 3. The van der Waals surface area contributed by atoms with Crippen LogP contribution in [0.1, 0.15) is 29.3 Å². The molecular weight excluding hydrogens is 386 g/mol. The molecule has 0 radical (unpaired) electrons. The Morgan fingerprint density at radius 2 is 1.87 bits per heavy atom. The Bertz CT molecular complexity index is 938. The van der Waals surface area contributed by atoms with E-state index < -0.39 is 11.9 Å². The molecule has 8 heteroatoms. The van der Waals surface area contributed by atoms with E-state index in [4.69, 9.17) is 4.74 Å². The van der Waals surface area contributed by atoms with Gasteiger partial charge in [0.2, 0.25) is 11.8 Å².